The highest BCUT2D eigenvalue weighted by Crippen LogP contribution is 2.13. The summed E-state index contributed by atoms with van der Waals surface area (Å²) in [5.74, 6) is -1.04. The average molecular weight is 361 g/mol. The number of aryl methyl sites for hydroxylation is 1. The predicted octanol–water partition coefficient (Wildman–Crippen LogP) is -0.265. The van der Waals surface area contributed by atoms with Gasteiger partial charge in [0.1, 0.15) is 19.3 Å². The summed E-state index contributed by atoms with van der Waals surface area (Å²) in [6, 6.07) is 0. The molecule has 0 saturated carbocycles. The van der Waals surface area contributed by atoms with Crippen molar-refractivity contribution in [2.75, 3.05) is 6.61 Å². The van der Waals surface area contributed by atoms with Crippen LogP contribution in [-0.2, 0) is 25.7 Å². The molecule has 1 rings (SSSR count). The molecule has 0 aliphatic carbocycles. The Morgan fingerprint density at radius 3 is 2.83 bits per heavy atom. The zero-order valence-corrected chi connectivity index (χ0v) is 13.4. The number of carbonyl (C=O) groups is 2. The van der Waals surface area contributed by atoms with Crippen LogP contribution in [0, 0.1) is 17.0 Å². The van der Waals surface area contributed by atoms with Crippen LogP contribution in [0.2, 0.25) is 0 Å². The number of esters is 1. The third-order valence-electron chi connectivity index (χ3n) is 2.74. The number of hydrogen-bond acceptors (Lipinski definition) is 10. The SMILES string of the molecule is Cc1ncc([N+](=O)[O-])n1CCOC(=O)CCC(=O)NC(=S)ONO. The van der Waals surface area contributed by atoms with Gasteiger partial charge in [-0.1, -0.05) is 0 Å². The van der Waals surface area contributed by atoms with Crippen LogP contribution < -0.4 is 11.0 Å². The molecule has 24 heavy (non-hydrogen) atoms. The molecular weight excluding hydrogens is 346 g/mol. The Hall–Kier alpha value is -2.64. The molecule has 0 aliphatic rings. The Morgan fingerprint density at radius 2 is 2.21 bits per heavy atom. The molecule has 3 N–H and O–H groups in total. The summed E-state index contributed by atoms with van der Waals surface area (Å²) >= 11 is 4.51. The molecular formula is C11H15N5O7S. The molecule has 12 nitrogen and oxygen atoms in total. The van der Waals surface area contributed by atoms with E-state index in [1.807, 2.05) is 0 Å². The minimum absolute atomic E-state index is 0.0696. The van der Waals surface area contributed by atoms with Crippen LogP contribution in [0.15, 0.2) is 6.20 Å². The molecule has 0 bridgehead atoms. The van der Waals surface area contributed by atoms with E-state index in [0.717, 1.165) is 6.20 Å². The molecule has 0 atom stereocenters. The number of nitrogens with zero attached hydrogens (tertiary/aromatic N) is 3. The Labute approximate surface area is 140 Å². The van der Waals surface area contributed by atoms with Crippen LogP contribution in [0.1, 0.15) is 18.7 Å². The van der Waals surface area contributed by atoms with E-state index < -0.39 is 22.0 Å². The van der Waals surface area contributed by atoms with Gasteiger partial charge in [0.15, 0.2) is 5.82 Å². The lowest BCUT2D eigenvalue weighted by Gasteiger charge is -2.06. The minimum Gasteiger partial charge on any atom is -0.461 e. The van der Waals surface area contributed by atoms with Crippen molar-refractivity contribution in [2.45, 2.75) is 26.3 Å². The van der Waals surface area contributed by atoms with Crippen LogP contribution in [0.4, 0.5) is 5.82 Å². The number of thiocarbonyl (C=S) groups is 1. The lowest BCUT2D eigenvalue weighted by molar-refractivity contribution is -0.392. The summed E-state index contributed by atoms with van der Waals surface area (Å²) in [4.78, 5) is 41.1. The monoisotopic (exact) mass is 361 g/mol. The number of hydrogen-bond donors (Lipinski definition) is 3. The summed E-state index contributed by atoms with van der Waals surface area (Å²) in [6.45, 7) is 1.56. The van der Waals surface area contributed by atoms with Crippen molar-refractivity contribution < 1.29 is 29.3 Å². The lowest BCUT2D eigenvalue weighted by Crippen LogP contribution is -2.34. The first-order valence-corrected chi connectivity index (χ1v) is 6.98. The second kappa shape index (κ2) is 9.49. The Balaban J connectivity index is 2.32. The first kappa shape index (κ1) is 19.4. The fourth-order valence-electron chi connectivity index (χ4n) is 1.66. The number of aromatic nitrogens is 2. The standard InChI is InChI=1S/C11H15N5O7S/c1-7-12-6-9(16(20)21)15(7)4-5-22-10(18)3-2-8(17)13-11(24)23-14-19/h6,14,19H,2-5H2,1H3,(H,13,17,24). The largest absolute Gasteiger partial charge is 0.461 e. The maximum Gasteiger partial charge on any atom is 0.342 e. The molecule has 1 heterocycles. The van der Waals surface area contributed by atoms with Crippen molar-refractivity contribution in [3.63, 3.8) is 0 Å². The zero-order valence-electron chi connectivity index (χ0n) is 12.6. The van der Waals surface area contributed by atoms with Gasteiger partial charge in [-0.15, -0.1) is 0 Å². The molecule has 0 aliphatic heterocycles. The number of carbonyl (C=O) groups excluding carboxylic acids is 2. The van der Waals surface area contributed by atoms with E-state index in [1.54, 1.807) is 6.92 Å². The molecule has 132 valence electrons. The highest BCUT2D eigenvalue weighted by Gasteiger charge is 2.17. The summed E-state index contributed by atoms with van der Waals surface area (Å²) in [6.07, 6.45) is 0.692. The molecule has 0 aromatic carbocycles. The van der Waals surface area contributed by atoms with E-state index in [0.29, 0.717) is 5.82 Å². The predicted molar refractivity (Wildman–Crippen MR) is 80.6 cm³/mol. The minimum atomic E-state index is -0.655. The van der Waals surface area contributed by atoms with Gasteiger partial charge in [0.2, 0.25) is 5.91 Å². The topological polar surface area (TPSA) is 158 Å². The third-order valence-corrected chi connectivity index (χ3v) is 2.92. The Bertz CT molecular complexity index is 632. The van der Waals surface area contributed by atoms with E-state index in [9.17, 15) is 19.7 Å². The second-order valence-corrected chi connectivity index (χ2v) is 4.69. The van der Waals surface area contributed by atoms with Gasteiger partial charge in [-0.3, -0.25) is 20.1 Å². The van der Waals surface area contributed by atoms with Crippen LogP contribution in [0.5, 0.6) is 0 Å². The first-order chi connectivity index (χ1) is 11.3. The van der Waals surface area contributed by atoms with Gasteiger partial charge in [0.25, 0.3) is 5.17 Å². The van der Waals surface area contributed by atoms with Gasteiger partial charge >= 0.3 is 11.8 Å². The third kappa shape index (κ3) is 6.23. The fourth-order valence-corrected chi connectivity index (χ4v) is 1.81. The number of rotatable bonds is 8. The second-order valence-electron chi connectivity index (χ2n) is 4.32. The smallest absolute Gasteiger partial charge is 0.342 e. The van der Waals surface area contributed by atoms with Crippen molar-refractivity contribution in [3.8, 4) is 0 Å². The number of amides is 1. The maximum absolute atomic E-state index is 11.5. The first-order valence-electron chi connectivity index (χ1n) is 6.57. The molecule has 0 fully saturated rings. The summed E-state index contributed by atoms with van der Waals surface area (Å²) < 4.78 is 6.20. The molecule has 0 radical (unpaired) electrons. The lowest BCUT2D eigenvalue weighted by atomic mass is 10.3. The Morgan fingerprint density at radius 1 is 1.50 bits per heavy atom. The number of imidazole rings is 1. The van der Waals surface area contributed by atoms with Crippen molar-refractivity contribution >= 4 is 35.1 Å². The van der Waals surface area contributed by atoms with Crippen molar-refractivity contribution in [2.24, 2.45) is 0 Å². The zero-order chi connectivity index (χ0) is 18.1. The molecule has 0 saturated heterocycles. The average Bonchev–Trinajstić information content (AvgIpc) is 2.87. The van der Waals surface area contributed by atoms with Crippen molar-refractivity contribution in [1.29, 1.82) is 0 Å². The van der Waals surface area contributed by atoms with Crippen LogP contribution in [-0.4, -0.2) is 43.3 Å². The van der Waals surface area contributed by atoms with E-state index in [2.05, 4.69) is 27.4 Å². The van der Waals surface area contributed by atoms with E-state index in [-0.39, 0.29) is 31.8 Å². The highest BCUT2D eigenvalue weighted by molar-refractivity contribution is 7.80. The van der Waals surface area contributed by atoms with Crippen molar-refractivity contribution in [1.82, 2.24) is 20.5 Å². The molecule has 0 unspecified atom stereocenters. The Kier molecular flexibility index (Phi) is 7.67. The fraction of sp³-hybridized carbons (Fsp3) is 0.455. The normalized spacial score (nSPS) is 10.1. The van der Waals surface area contributed by atoms with Crippen LogP contribution >= 0.6 is 12.2 Å². The van der Waals surface area contributed by atoms with Gasteiger partial charge in [0, 0.05) is 13.3 Å². The maximum atomic E-state index is 11.5. The van der Waals surface area contributed by atoms with Gasteiger partial charge in [0.05, 0.1) is 6.42 Å². The van der Waals surface area contributed by atoms with E-state index in [4.69, 9.17) is 9.94 Å². The van der Waals surface area contributed by atoms with Gasteiger partial charge in [-0.2, -0.15) is 0 Å². The summed E-state index contributed by atoms with van der Waals surface area (Å²) in [7, 11) is 0. The molecule has 1 amide bonds. The molecule has 13 heteroatoms. The van der Waals surface area contributed by atoms with Crippen LogP contribution in [0.25, 0.3) is 0 Å². The molecule has 1 aromatic rings. The number of ether oxygens (including phenoxy) is 1. The summed E-state index contributed by atoms with van der Waals surface area (Å²) in [5.41, 5.74) is 1.29. The number of nitro groups is 1. The molecule has 1 aromatic heterocycles. The van der Waals surface area contributed by atoms with Crippen LogP contribution in [0.3, 0.4) is 0 Å². The van der Waals surface area contributed by atoms with Crippen molar-refractivity contribution in [3.05, 3.63) is 22.1 Å². The van der Waals surface area contributed by atoms with Gasteiger partial charge in [-0.05, 0) is 22.8 Å². The van der Waals surface area contributed by atoms with Gasteiger partial charge in [-0.25, -0.2) is 9.55 Å². The van der Waals surface area contributed by atoms with Gasteiger partial charge < -0.3 is 19.7 Å². The highest BCUT2D eigenvalue weighted by atomic mass is 32.1. The molecule has 0 spiro atoms. The number of nitrogens with one attached hydrogen (secondary N) is 2. The quantitative estimate of drug-likeness (QED) is 0.244. The van der Waals surface area contributed by atoms with E-state index >= 15 is 0 Å². The summed E-state index contributed by atoms with van der Waals surface area (Å²) in [5, 5.41) is 20.7. The van der Waals surface area contributed by atoms with E-state index in [1.165, 1.54) is 10.2 Å².